The van der Waals surface area contributed by atoms with Gasteiger partial charge in [-0.15, -0.1) is 0 Å². The molecule has 0 atom stereocenters. The van der Waals surface area contributed by atoms with Gasteiger partial charge in [0.1, 0.15) is 10.6 Å². The van der Waals surface area contributed by atoms with Crippen LogP contribution < -0.4 is 4.72 Å². The van der Waals surface area contributed by atoms with Crippen molar-refractivity contribution < 1.29 is 18.3 Å². The maximum atomic E-state index is 12.1. The van der Waals surface area contributed by atoms with Gasteiger partial charge in [-0.1, -0.05) is 27.5 Å². The molecule has 0 fully saturated rings. The Labute approximate surface area is 127 Å². The first-order valence-electron chi connectivity index (χ1n) is 5.19. The fourth-order valence-electron chi connectivity index (χ4n) is 1.43. The summed E-state index contributed by atoms with van der Waals surface area (Å²) >= 11 is 9.10. The van der Waals surface area contributed by atoms with Gasteiger partial charge in [0.15, 0.2) is 0 Å². The zero-order valence-corrected chi connectivity index (χ0v) is 12.9. The average Bonchev–Trinajstić information content (AvgIpc) is 2.84. The number of carboxylic acid groups (broad SMARTS) is 1. The lowest BCUT2D eigenvalue weighted by molar-refractivity contribution is 0.0691. The van der Waals surface area contributed by atoms with Gasteiger partial charge in [0.2, 0.25) is 0 Å². The summed E-state index contributed by atoms with van der Waals surface area (Å²) in [5, 5.41) is 8.99. The van der Waals surface area contributed by atoms with E-state index >= 15 is 0 Å². The molecule has 0 aliphatic carbocycles. The van der Waals surface area contributed by atoms with Crippen molar-refractivity contribution in [1.29, 1.82) is 0 Å². The van der Waals surface area contributed by atoms with Gasteiger partial charge in [0.25, 0.3) is 10.0 Å². The molecule has 0 radical (unpaired) electrons. The quantitative estimate of drug-likeness (QED) is 0.760. The van der Waals surface area contributed by atoms with E-state index in [2.05, 4.69) is 25.6 Å². The lowest BCUT2D eigenvalue weighted by Crippen LogP contribution is -2.12. The number of hydrogen-bond donors (Lipinski definition) is 3. The molecule has 106 valence electrons. The second kappa shape index (κ2) is 5.47. The Bertz CT molecular complexity index is 772. The van der Waals surface area contributed by atoms with E-state index in [4.69, 9.17) is 16.7 Å². The van der Waals surface area contributed by atoms with Crippen LogP contribution in [-0.2, 0) is 10.0 Å². The monoisotopic (exact) mass is 378 g/mol. The minimum absolute atomic E-state index is 0.189. The predicted octanol–water partition coefficient (Wildman–Crippen LogP) is 2.93. The Morgan fingerprint density at radius 3 is 2.65 bits per heavy atom. The maximum Gasteiger partial charge on any atom is 0.352 e. The summed E-state index contributed by atoms with van der Waals surface area (Å²) in [7, 11) is -3.92. The molecule has 0 bridgehead atoms. The van der Waals surface area contributed by atoms with Crippen LogP contribution in [0.1, 0.15) is 10.5 Å². The van der Waals surface area contributed by atoms with Gasteiger partial charge < -0.3 is 10.1 Å². The first kappa shape index (κ1) is 14.9. The van der Waals surface area contributed by atoms with Crippen LogP contribution in [-0.4, -0.2) is 24.5 Å². The van der Waals surface area contributed by atoms with Crippen molar-refractivity contribution in [3.63, 3.8) is 0 Å². The SMILES string of the molecule is O=C(O)c1cc(S(=O)(=O)Nc2cc(Br)ccc2Cl)c[nH]1. The van der Waals surface area contributed by atoms with Crippen LogP contribution in [0.5, 0.6) is 0 Å². The summed E-state index contributed by atoms with van der Waals surface area (Å²) in [6, 6.07) is 5.73. The summed E-state index contributed by atoms with van der Waals surface area (Å²) in [4.78, 5) is 12.9. The first-order chi connectivity index (χ1) is 9.29. The molecule has 0 aliphatic rings. The molecule has 6 nitrogen and oxygen atoms in total. The Balaban J connectivity index is 2.35. The molecule has 2 rings (SSSR count). The topological polar surface area (TPSA) is 99.3 Å². The minimum Gasteiger partial charge on any atom is -0.477 e. The molecule has 3 N–H and O–H groups in total. The third-order valence-electron chi connectivity index (χ3n) is 2.37. The lowest BCUT2D eigenvalue weighted by atomic mass is 10.3. The molecule has 0 spiro atoms. The molecule has 20 heavy (non-hydrogen) atoms. The number of aromatic carboxylic acids is 1. The maximum absolute atomic E-state index is 12.1. The van der Waals surface area contributed by atoms with E-state index in [0.717, 1.165) is 12.3 Å². The molecule has 1 aromatic heterocycles. The van der Waals surface area contributed by atoms with Crippen LogP contribution in [0, 0.1) is 0 Å². The van der Waals surface area contributed by atoms with E-state index in [1.54, 1.807) is 6.07 Å². The molecule has 9 heteroatoms. The fraction of sp³-hybridized carbons (Fsp3) is 0. The van der Waals surface area contributed by atoms with Crippen molar-refractivity contribution in [3.05, 3.63) is 45.7 Å². The minimum atomic E-state index is -3.92. The van der Waals surface area contributed by atoms with Gasteiger partial charge in [-0.2, -0.15) is 0 Å². The Hall–Kier alpha value is -1.51. The standard InChI is InChI=1S/C11H8BrClN2O4S/c12-6-1-2-8(13)9(3-6)15-20(18,19)7-4-10(11(16)17)14-5-7/h1-5,14-15H,(H,16,17). The highest BCUT2D eigenvalue weighted by Gasteiger charge is 2.19. The van der Waals surface area contributed by atoms with Crippen LogP contribution in [0.3, 0.4) is 0 Å². The van der Waals surface area contributed by atoms with Crippen molar-refractivity contribution in [1.82, 2.24) is 4.98 Å². The predicted molar refractivity (Wildman–Crippen MR) is 77.7 cm³/mol. The van der Waals surface area contributed by atoms with E-state index in [0.29, 0.717) is 4.47 Å². The third kappa shape index (κ3) is 3.14. The summed E-state index contributed by atoms with van der Waals surface area (Å²) in [6.45, 7) is 0. The van der Waals surface area contributed by atoms with Crippen LogP contribution in [0.25, 0.3) is 0 Å². The van der Waals surface area contributed by atoms with Crippen molar-refractivity contribution in [2.45, 2.75) is 4.90 Å². The molecule has 2 aromatic rings. The molecule has 0 amide bonds. The van der Waals surface area contributed by atoms with Gasteiger partial charge in [-0.05, 0) is 24.3 Å². The van der Waals surface area contributed by atoms with Crippen LogP contribution in [0.15, 0.2) is 39.8 Å². The third-order valence-corrected chi connectivity index (χ3v) is 4.54. The van der Waals surface area contributed by atoms with Crippen molar-refractivity contribution in [2.75, 3.05) is 4.72 Å². The molecule has 1 aromatic carbocycles. The fourth-order valence-corrected chi connectivity index (χ4v) is 3.08. The van der Waals surface area contributed by atoms with Crippen LogP contribution in [0.4, 0.5) is 5.69 Å². The van der Waals surface area contributed by atoms with Crippen LogP contribution >= 0.6 is 27.5 Å². The highest BCUT2D eigenvalue weighted by molar-refractivity contribution is 9.10. The number of aromatic nitrogens is 1. The van der Waals surface area contributed by atoms with Gasteiger partial charge in [0, 0.05) is 10.7 Å². The van der Waals surface area contributed by atoms with Crippen LogP contribution in [0.2, 0.25) is 5.02 Å². The molecular weight excluding hydrogens is 372 g/mol. The summed E-state index contributed by atoms with van der Waals surface area (Å²) in [5.74, 6) is -1.24. The summed E-state index contributed by atoms with van der Waals surface area (Å²) in [6.07, 6.45) is 1.09. The number of sulfonamides is 1. The zero-order chi connectivity index (χ0) is 14.9. The molecule has 0 saturated carbocycles. The number of halogens is 2. The number of benzene rings is 1. The van der Waals surface area contributed by atoms with Gasteiger partial charge in [0.05, 0.1) is 10.7 Å². The number of anilines is 1. The number of nitrogens with one attached hydrogen (secondary N) is 2. The van der Waals surface area contributed by atoms with E-state index in [1.807, 2.05) is 0 Å². The van der Waals surface area contributed by atoms with E-state index in [1.165, 1.54) is 12.1 Å². The Morgan fingerprint density at radius 1 is 1.35 bits per heavy atom. The highest BCUT2D eigenvalue weighted by atomic mass is 79.9. The molecule has 0 unspecified atom stereocenters. The molecular formula is C11H8BrClN2O4S. The summed E-state index contributed by atoms with van der Waals surface area (Å²) < 4.78 is 27.2. The van der Waals surface area contributed by atoms with Crippen molar-refractivity contribution in [3.8, 4) is 0 Å². The van der Waals surface area contributed by atoms with Crippen molar-refractivity contribution >= 4 is 49.2 Å². The lowest BCUT2D eigenvalue weighted by Gasteiger charge is -2.08. The molecule has 0 saturated heterocycles. The zero-order valence-electron chi connectivity index (χ0n) is 9.72. The number of rotatable bonds is 4. The number of H-pyrrole nitrogens is 1. The number of carbonyl (C=O) groups is 1. The first-order valence-corrected chi connectivity index (χ1v) is 7.84. The Morgan fingerprint density at radius 2 is 2.05 bits per heavy atom. The summed E-state index contributed by atoms with van der Waals surface area (Å²) in [5.41, 5.74) is -0.0233. The normalized spacial score (nSPS) is 11.3. The highest BCUT2D eigenvalue weighted by Crippen LogP contribution is 2.28. The van der Waals surface area contributed by atoms with Gasteiger partial charge in [-0.3, -0.25) is 4.72 Å². The van der Waals surface area contributed by atoms with E-state index in [-0.39, 0.29) is 21.3 Å². The van der Waals surface area contributed by atoms with E-state index in [9.17, 15) is 13.2 Å². The molecule has 1 heterocycles. The smallest absolute Gasteiger partial charge is 0.352 e. The second-order valence-corrected chi connectivity index (χ2v) is 6.79. The second-order valence-electron chi connectivity index (χ2n) is 3.78. The van der Waals surface area contributed by atoms with Gasteiger partial charge in [-0.25, -0.2) is 13.2 Å². The number of aromatic amines is 1. The number of carboxylic acids is 1. The van der Waals surface area contributed by atoms with Crippen molar-refractivity contribution in [2.24, 2.45) is 0 Å². The average molecular weight is 380 g/mol. The largest absolute Gasteiger partial charge is 0.477 e. The van der Waals surface area contributed by atoms with Gasteiger partial charge >= 0.3 is 5.97 Å². The molecule has 0 aliphatic heterocycles. The Kier molecular flexibility index (Phi) is 4.07. The van der Waals surface area contributed by atoms with E-state index < -0.39 is 16.0 Å². The number of hydrogen-bond acceptors (Lipinski definition) is 3.